The Morgan fingerprint density at radius 3 is 2.24 bits per heavy atom. The first-order valence-corrected chi connectivity index (χ1v) is 6.75. The Labute approximate surface area is 144 Å². The van der Waals surface area contributed by atoms with Crippen molar-refractivity contribution in [1.82, 2.24) is 0 Å². The number of terminal acetylenes is 1. The second-order valence-electron chi connectivity index (χ2n) is 5.19. The molecule has 1 rings (SSSR count). The number of ether oxygens (including phenoxy) is 1. The Bertz CT molecular complexity index is 489. The maximum Gasteiger partial charge on any atom is 0.194 e. The minimum atomic E-state index is -0.217. The van der Waals surface area contributed by atoms with Crippen LogP contribution in [0.15, 0.2) is 29.3 Å². The Morgan fingerprint density at radius 2 is 1.81 bits per heavy atom. The highest BCUT2D eigenvalue weighted by molar-refractivity contribution is 14.0. The molecule has 3 N–H and O–H groups in total. The van der Waals surface area contributed by atoms with Gasteiger partial charge in [0, 0.05) is 5.69 Å². The molecule has 21 heavy (non-hydrogen) atoms. The molecule has 0 aliphatic carbocycles. The molecule has 0 aromatic heterocycles. The summed E-state index contributed by atoms with van der Waals surface area (Å²) in [6.07, 6.45) is 5.58. The average molecular weight is 401 g/mol. The van der Waals surface area contributed by atoms with Crippen LogP contribution in [0.2, 0.25) is 0 Å². The van der Waals surface area contributed by atoms with Crippen LogP contribution in [0.5, 0.6) is 5.75 Å². The molecule has 0 radical (unpaired) electrons. The number of nitrogens with two attached hydrogens (primary N) is 1. The number of rotatable bonds is 5. The highest BCUT2D eigenvalue weighted by Crippen LogP contribution is 2.16. The van der Waals surface area contributed by atoms with Crippen LogP contribution >= 0.6 is 24.0 Å². The molecule has 0 aliphatic rings. The van der Waals surface area contributed by atoms with E-state index in [9.17, 15) is 0 Å². The Morgan fingerprint density at radius 1 is 1.24 bits per heavy atom. The molecule has 0 amide bonds. The number of aliphatic imine (C=N–C) groups is 1. The quantitative estimate of drug-likeness (QED) is 0.344. The van der Waals surface area contributed by atoms with Crippen LogP contribution in [-0.4, -0.2) is 18.1 Å². The maximum atomic E-state index is 5.85. The van der Waals surface area contributed by atoms with Crippen molar-refractivity contribution in [2.75, 3.05) is 5.32 Å². The lowest BCUT2D eigenvalue weighted by molar-refractivity contribution is 0.242. The van der Waals surface area contributed by atoms with E-state index in [2.05, 4.69) is 16.2 Å². The van der Waals surface area contributed by atoms with Gasteiger partial charge in [0.25, 0.3) is 0 Å². The van der Waals surface area contributed by atoms with Crippen molar-refractivity contribution in [3.8, 4) is 18.1 Å². The van der Waals surface area contributed by atoms with Crippen LogP contribution < -0.4 is 15.8 Å². The first kappa shape index (κ1) is 19.6. The fraction of sp³-hybridized carbons (Fsp3) is 0.438. The number of anilines is 1. The van der Waals surface area contributed by atoms with Crippen LogP contribution in [0.1, 0.15) is 27.7 Å². The summed E-state index contributed by atoms with van der Waals surface area (Å²) in [4.78, 5) is 4.28. The first-order chi connectivity index (χ1) is 9.42. The van der Waals surface area contributed by atoms with Gasteiger partial charge >= 0.3 is 0 Å². The number of guanidine groups is 1. The average Bonchev–Trinajstić information content (AvgIpc) is 2.37. The highest BCUT2D eigenvalue weighted by Gasteiger charge is 2.08. The lowest BCUT2D eigenvalue weighted by atomic mass is 10.1. The summed E-state index contributed by atoms with van der Waals surface area (Å²) >= 11 is 0. The molecule has 5 heteroatoms. The summed E-state index contributed by atoms with van der Waals surface area (Å²) in [7, 11) is 0. The third-order valence-corrected chi connectivity index (χ3v) is 2.58. The molecule has 1 unspecified atom stereocenters. The normalized spacial score (nSPS) is 12.5. The van der Waals surface area contributed by atoms with Crippen molar-refractivity contribution < 1.29 is 4.74 Å². The van der Waals surface area contributed by atoms with E-state index in [0.29, 0.717) is 5.96 Å². The van der Waals surface area contributed by atoms with Gasteiger partial charge in [-0.2, -0.15) is 0 Å². The zero-order valence-corrected chi connectivity index (χ0v) is 15.3. The standard InChI is InChI=1S/C16H23N3O.HI/c1-6-15(11(2)3)19-16(17)18-13-7-9-14(10-8-13)20-12(4)5;/h1,7-12,15H,2-5H3,(H3,17,18,19);1H. The second kappa shape index (κ2) is 9.50. The number of halogens is 1. The van der Waals surface area contributed by atoms with Crippen LogP contribution in [0.4, 0.5) is 5.69 Å². The molecule has 0 bridgehead atoms. The van der Waals surface area contributed by atoms with E-state index >= 15 is 0 Å². The molecule has 1 atom stereocenters. The first-order valence-electron chi connectivity index (χ1n) is 6.75. The summed E-state index contributed by atoms with van der Waals surface area (Å²) < 4.78 is 5.57. The fourth-order valence-electron chi connectivity index (χ4n) is 1.60. The molecule has 116 valence electrons. The molecule has 0 saturated heterocycles. The molecular formula is C16H24IN3O. The van der Waals surface area contributed by atoms with Gasteiger partial charge < -0.3 is 15.8 Å². The number of nitrogens with zero attached hydrogens (tertiary/aromatic N) is 1. The van der Waals surface area contributed by atoms with Gasteiger partial charge in [-0.25, -0.2) is 4.99 Å². The molecule has 0 saturated carbocycles. The minimum absolute atomic E-state index is 0. The smallest absolute Gasteiger partial charge is 0.194 e. The second-order valence-corrected chi connectivity index (χ2v) is 5.19. The van der Waals surface area contributed by atoms with Crippen LogP contribution in [-0.2, 0) is 0 Å². The van der Waals surface area contributed by atoms with Gasteiger partial charge in [-0.1, -0.05) is 19.8 Å². The molecular weight excluding hydrogens is 377 g/mol. The van der Waals surface area contributed by atoms with Gasteiger partial charge in [-0.15, -0.1) is 30.4 Å². The zero-order chi connectivity index (χ0) is 15.1. The molecule has 4 nitrogen and oxygen atoms in total. The summed E-state index contributed by atoms with van der Waals surface area (Å²) in [6.45, 7) is 8.00. The Balaban J connectivity index is 0.00000400. The van der Waals surface area contributed by atoms with Crippen molar-refractivity contribution in [2.24, 2.45) is 16.6 Å². The summed E-state index contributed by atoms with van der Waals surface area (Å²) in [6, 6.07) is 7.33. The van der Waals surface area contributed by atoms with Gasteiger partial charge in [-0.3, -0.25) is 0 Å². The molecule has 1 aromatic rings. The summed E-state index contributed by atoms with van der Waals surface area (Å²) in [5.74, 6) is 4.02. The topological polar surface area (TPSA) is 59.6 Å². The van der Waals surface area contributed by atoms with E-state index in [4.69, 9.17) is 16.9 Å². The van der Waals surface area contributed by atoms with Crippen LogP contribution in [0.25, 0.3) is 0 Å². The summed E-state index contributed by atoms with van der Waals surface area (Å²) in [5.41, 5.74) is 6.70. The van der Waals surface area contributed by atoms with Gasteiger partial charge in [0.2, 0.25) is 0 Å². The third kappa shape index (κ3) is 7.23. The molecule has 1 aromatic carbocycles. The molecule has 0 heterocycles. The Kier molecular flexibility index (Phi) is 8.86. The van der Waals surface area contributed by atoms with Crippen molar-refractivity contribution in [3.63, 3.8) is 0 Å². The van der Waals surface area contributed by atoms with Crippen molar-refractivity contribution in [2.45, 2.75) is 39.8 Å². The zero-order valence-electron chi connectivity index (χ0n) is 13.0. The van der Waals surface area contributed by atoms with Gasteiger partial charge in [0.1, 0.15) is 11.8 Å². The monoisotopic (exact) mass is 401 g/mol. The SMILES string of the molecule is C#CC(N=C(N)Nc1ccc(OC(C)C)cc1)C(C)C.I. The molecule has 0 aliphatic heterocycles. The van der Waals surface area contributed by atoms with E-state index in [0.717, 1.165) is 11.4 Å². The number of nitrogens with one attached hydrogen (secondary N) is 1. The van der Waals surface area contributed by atoms with E-state index in [-0.39, 0.29) is 42.0 Å². The number of hydrogen-bond donors (Lipinski definition) is 2. The van der Waals surface area contributed by atoms with E-state index in [1.807, 2.05) is 52.0 Å². The fourth-order valence-corrected chi connectivity index (χ4v) is 1.60. The lowest BCUT2D eigenvalue weighted by Gasteiger charge is -2.13. The lowest BCUT2D eigenvalue weighted by Crippen LogP contribution is -2.26. The van der Waals surface area contributed by atoms with Gasteiger partial charge in [0.05, 0.1) is 6.10 Å². The maximum absolute atomic E-state index is 5.85. The van der Waals surface area contributed by atoms with E-state index in [1.165, 1.54) is 0 Å². The molecule has 0 fully saturated rings. The van der Waals surface area contributed by atoms with E-state index in [1.54, 1.807) is 0 Å². The third-order valence-electron chi connectivity index (χ3n) is 2.58. The van der Waals surface area contributed by atoms with Crippen molar-refractivity contribution in [1.29, 1.82) is 0 Å². The molecule has 0 spiro atoms. The Hall–Kier alpha value is -1.42. The highest BCUT2D eigenvalue weighted by atomic mass is 127. The van der Waals surface area contributed by atoms with Crippen LogP contribution in [0.3, 0.4) is 0 Å². The number of hydrogen-bond acceptors (Lipinski definition) is 2. The van der Waals surface area contributed by atoms with Crippen molar-refractivity contribution >= 4 is 35.6 Å². The number of benzene rings is 1. The largest absolute Gasteiger partial charge is 0.491 e. The summed E-state index contributed by atoms with van der Waals surface area (Å²) in [5, 5.41) is 3.02. The van der Waals surface area contributed by atoms with Gasteiger partial charge in [-0.05, 0) is 44.0 Å². The van der Waals surface area contributed by atoms with Gasteiger partial charge in [0.15, 0.2) is 5.96 Å². The van der Waals surface area contributed by atoms with Crippen molar-refractivity contribution in [3.05, 3.63) is 24.3 Å². The predicted molar refractivity (Wildman–Crippen MR) is 100 cm³/mol. The van der Waals surface area contributed by atoms with Crippen LogP contribution in [0, 0.1) is 18.3 Å². The minimum Gasteiger partial charge on any atom is -0.491 e. The predicted octanol–water partition coefficient (Wildman–Crippen LogP) is 3.48. The van der Waals surface area contributed by atoms with E-state index < -0.39 is 0 Å².